The van der Waals surface area contributed by atoms with Gasteiger partial charge in [0.15, 0.2) is 0 Å². The molecule has 0 aromatic heterocycles. The van der Waals surface area contributed by atoms with Crippen molar-refractivity contribution in [1.82, 2.24) is 0 Å². The molecule has 1 heterocycles. The minimum absolute atomic E-state index is 0.0909. The van der Waals surface area contributed by atoms with Gasteiger partial charge in [0.2, 0.25) is 11.8 Å². The Bertz CT molecular complexity index is 564. The zero-order chi connectivity index (χ0) is 15.6. The van der Waals surface area contributed by atoms with Gasteiger partial charge in [-0.3, -0.25) is 9.59 Å². The lowest BCUT2D eigenvalue weighted by atomic mass is 10.1. The maximum atomic E-state index is 11.9. The van der Waals surface area contributed by atoms with Gasteiger partial charge >= 0.3 is 0 Å². The Morgan fingerprint density at radius 2 is 2.14 bits per heavy atom. The van der Waals surface area contributed by atoms with Crippen molar-refractivity contribution < 1.29 is 14.3 Å². The highest BCUT2D eigenvalue weighted by atomic mass is 16.5. The van der Waals surface area contributed by atoms with Gasteiger partial charge in [0.1, 0.15) is 5.75 Å². The maximum Gasteiger partial charge on any atom is 0.243 e. The quantitative estimate of drug-likeness (QED) is 0.880. The summed E-state index contributed by atoms with van der Waals surface area (Å²) in [5.41, 5.74) is 6.10. The number of nitrogens with zero attached hydrogens (tertiary/aromatic N) is 1. The third-order valence-corrected chi connectivity index (χ3v) is 3.39. The Kier molecular flexibility index (Phi) is 4.18. The summed E-state index contributed by atoms with van der Waals surface area (Å²) in [4.78, 5) is 25.4. The van der Waals surface area contributed by atoms with Crippen molar-refractivity contribution >= 4 is 23.2 Å². The van der Waals surface area contributed by atoms with E-state index in [9.17, 15) is 9.59 Å². The highest BCUT2D eigenvalue weighted by Crippen LogP contribution is 2.33. The van der Waals surface area contributed by atoms with E-state index in [1.807, 2.05) is 0 Å². The predicted octanol–water partition coefficient (Wildman–Crippen LogP) is 1.50. The molecular weight excluding hydrogens is 270 g/mol. The number of nitrogens with one attached hydrogen (secondary N) is 1. The number of rotatable bonds is 4. The molecule has 3 N–H and O–H groups in total. The maximum absolute atomic E-state index is 11.9. The third-order valence-electron chi connectivity index (χ3n) is 3.39. The molecule has 1 aromatic carbocycles. The Morgan fingerprint density at radius 1 is 1.43 bits per heavy atom. The molecule has 1 aromatic rings. The number of methoxy groups -OCH3 is 1. The molecule has 1 aliphatic rings. The molecule has 6 heteroatoms. The molecule has 2 rings (SSSR count). The van der Waals surface area contributed by atoms with Gasteiger partial charge < -0.3 is 20.7 Å². The lowest BCUT2D eigenvalue weighted by Crippen LogP contribution is -2.45. The van der Waals surface area contributed by atoms with Gasteiger partial charge in [-0.25, -0.2) is 0 Å². The molecule has 114 valence electrons. The van der Waals surface area contributed by atoms with Crippen LogP contribution in [0.3, 0.4) is 0 Å². The van der Waals surface area contributed by atoms with Crippen molar-refractivity contribution in [2.24, 2.45) is 5.73 Å². The lowest BCUT2D eigenvalue weighted by molar-refractivity contribution is -0.120. The summed E-state index contributed by atoms with van der Waals surface area (Å²) in [5.74, 6) is 0.362. The number of hydrogen-bond acceptors (Lipinski definition) is 4. The molecule has 21 heavy (non-hydrogen) atoms. The van der Waals surface area contributed by atoms with E-state index in [2.05, 4.69) is 5.32 Å². The monoisotopic (exact) mass is 291 g/mol. The van der Waals surface area contributed by atoms with Crippen LogP contribution in [0, 0.1) is 0 Å². The summed E-state index contributed by atoms with van der Waals surface area (Å²) in [6.07, 6.45) is 1.41. The van der Waals surface area contributed by atoms with Crippen molar-refractivity contribution in [3.05, 3.63) is 18.2 Å². The average Bonchev–Trinajstić information content (AvgIpc) is 2.83. The van der Waals surface area contributed by atoms with Gasteiger partial charge in [-0.2, -0.15) is 0 Å². The van der Waals surface area contributed by atoms with E-state index >= 15 is 0 Å². The molecule has 1 fully saturated rings. The molecule has 0 aliphatic carbocycles. The number of hydrogen-bond donors (Lipinski definition) is 2. The molecule has 0 spiro atoms. The first-order valence-corrected chi connectivity index (χ1v) is 6.91. The van der Waals surface area contributed by atoms with Gasteiger partial charge in [0.25, 0.3) is 0 Å². The van der Waals surface area contributed by atoms with Crippen LogP contribution in [-0.4, -0.2) is 31.0 Å². The fourth-order valence-corrected chi connectivity index (χ4v) is 2.17. The molecule has 0 unspecified atom stereocenters. The standard InChI is InChI=1S/C15H21N3O3/c1-15(2,16)14(20)17-10-6-7-11(12(9-10)21-3)18-8-4-5-13(18)19/h6-7,9H,4-5,8,16H2,1-3H3,(H,17,20). The summed E-state index contributed by atoms with van der Waals surface area (Å²) in [7, 11) is 1.54. The Morgan fingerprint density at radius 3 is 2.67 bits per heavy atom. The SMILES string of the molecule is COc1cc(NC(=O)C(C)(C)N)ccc1N1CCCC1=O. The van der Waals surface area contributed by atoms with E-state index in [0.29, 0.717) is 24.4 Å². The second-order valence-corrected chi connectivity index (χ2v) is 5.71. The van der Waals surface area contributed by atoms with E-state index in [1.165, 1.54) is 7.11 Å². The molecular formula is C15H21N3O3. The zero-order valence-electron chi connectivity index (χ0n) is 12.6. The van der Waals surface area contributed by atoms with E-state index in [4.69, 9.17) is 10.5 Å². The molecule has 0 radical (unpaired) electrons. The Labute approximate surface area is 124 Å². The number of ether oxygens (including phenoxy) is 1. The van der Waals surface area contributed by atoms with Crippen LogP contribution in [0.25, 0.3) is 0 Å². The molecule has 1 saturated heterocycles. The van der Waals surface area contributed by atoms with Gasteiger partial charge in [0.05, 0.1) is 18.3 Å². The first-order chi connectivity index (χ1) is 9.82. The Balaban J connectivity index is 2.24. The predicted molar refractivity (Wildman–Crippen MR) is 81.5 cm³/mol. The van der Waals surface area contributed by atoms with Crippen LogP contribution in [0.15, 0.2) is 18.2 Å². The van der Waals surface area contributed by atoms with Gasteiger partial charge in [-0.15, -0.1) is 0 Å². The van der Waals surface area contributed by atoms with E-state index in [0.717, 1.165) is 12.1 Å². The summed E-state index contributed by atoms with van der Waals surface area (Å²) in [5, 5.41) is 2.74. The van der Waals surface area contributed by atoms with Crippen LogP contribution < -0.4 is 20.7 Å². The molecule has 6 nitrogen and oxygen atoms in total. The topological polar surface area (TPSA) is 84.7 Å². The molecule has 0 atom stereocenters. The summed E-state index contributed by atoms with van der Waals surface area (Å²) in [6.45, 7) is 3.96. The second kappa shape index (κ2) is 5.73. The van der Waals surface area contributed by atoms with Crippen LogP contribution in [0.5, 0.6) is 5.75 Å². The first-order valence-electron chi connectivity index (χ1n) is 6.91. The van der Waals surface area contributed by atoms with Crippen LogP contribution in [0.2, 0.25) is 0 Å². The van der Waals surface area contributed by atoms with Crippen LogP contribution in [0.1, 0.15) is 26.7 Å². The van der Waals surface area contributed by atoms with Crippen molar-refractivity contribution in [3.63, 3.8) is 0 Å². The van der Waals surface area contributed by atoms with Crippen molar-refractivity contribution in [3.8, 4) is 5.75 Å². The lowest BCUT2D eigenvalue weighted by Gasteiger charge is -2.21. The van der Waals surface area contributed by atoms with E-state index < -0.39 is 5.54 Å². The van der Waals surface area contributed by atoms with Crippen molar-refractivity contribution in [2.45, 2.75) is 32.2 Å². The number of benzene rings is 1. The summed E-state index contributed by atoms with van der Waals surface area (Å²) in [6, 6.07) is 5.22. The van der Waals surface area contributed by atoms with Gasteiger partial charge in [-0.05, 0) is 32.4 Å². The van der Waals surface area contributed by atoms with Crippen molar-refractivity contribution in [2.75, 3.05) is 23.9 Å². The van der Waals surface area contributed by atoms with Crippen LogP contribution >= 0.6 is 0 Å². The number of carbonyl (C=O) groups excluding carboxylic acids is 2. The van der Waals surface area contributed by atoms with Crippen LogP contribution in [-0.2, 0) is 9.59 Å². The Hall–Kier alpha value is -2.08. The minimum atomic E-state index is -0.961. The molecule has 2 amide bonds. The van der Waals surface area contributed by atoms with Crippen molar-refractivity contribution in [1.29, 1.82) is 0 Å². The van der Waals surface area contributed by atoms with Gasteiger partial charge in [-0.1, -0.05) is 0 Å². The first kappa shape index (κ1) is 15.3. The molecule has 0 bridgehead atoms. The fraction of sp³-hybridized carbons (Fsp3) is 0.467. The highest BCUT2D eigenvalue weighted by molar-refractivity contribution is 5.99. The smallest absolute Gasteiger partial charge is 0.243 e. The summed E-state index contributed by atoms with van der Waals surface area (Å²) < 4.78 is 5.34. The largest absolute Gasteiger partial charge is 0.494 e. The zero-order valence-corrected chi connectivity index (χ0v) is 12.6. The molecule has 0 saturated carbocycles. The number of carbonyl (C=O) groups is 2. The molecule has 1 aliphatic heterocycles. The average molecular weight is 291 g/mol. The minimum Gasteiger partial charge on any atom is -0.494 e. The number of amides is 2. The second-order valence-electron chi connectivity index (χ2n) is 5.71. The number of nitrogens with two attached hydrogens (primary N) is 1. The fourth-order valence-electron chi connectivity index (χ4n) is 2.17. The summed E-state index contributed by atoms with van der Waals surface area (Å²) >= 11 is 0. The third kappa shape index (κ3) is 3.33. The highest BCUT2D eigenvalue weighted by Gasteiger charge is 2.25. The van der Waals surface area contributed by atoms with E-state index in [1.54, 1.807) is 36.9 Å². The van der Waals surface area contributed by atoms with E-state index in [-0.39, 0.29) is 11.8 Å². The number of anilines is 2. The normalized spacial score (nSPS) is 15.2. The van der Waals surface area contributed by atoms with Gasteiger partial charge in [0, 0.05) is 24.7 Å². The van der Waals surface area contributed by atoms with Crippen LogP contribution in [0.4, 0.5) is 11.4 Å².